The second-order valence-corrected chi connectivity index (χ2v) is 10.2. The number of aromatic nitrogens is 2. The van der Waals surface area contributed by atoms with E-state index >= 15 is 0 Å². The van der Waals surface area contributed by atoms with E-state index in [0.29, 0.717) is 24.8 Å². The molecule has 0 aliphatic carbocycles. The molecule has 0 radical (unpaired) electrons. The highest BCUT2D eigenvalue weighted by Crippen LogP contribution is 2.39. The molecule has 0 bridgehead atoms. The Balaban J connectivity index is 1.22. The van der Waals surface area contributed by atoms with Crippen LogP contribution in [0.1, 0.15) is 50.6 Å². The Morgan fingerprint density at radius 1 is 1.28 bits per heavy atom. The van der Waals surface area contributed by atoms with Crippen molar-refractivity contribution in [1.82, 2.24) is 20.4 Å². The first kappa shape index (κ1) is 21.2. The van der Waals surface area contributed by atoms with Gasteiger partial charge in [0.05, 0.1) is 23.4 Å². The lowest BCUT2D eigenvalue weighted by Crippen LogP contribution is -2.46. The van der Waals surface area contributed by atoms with E-state index in [2.05, 4.69) is 34.2 Å². The fourth-order valence-electron chi connectivity index (χ4n) is 4.65. The Labute approximate surface area is 191 Å². The first-order valence-electron chi connectivity index (χ1n) is 11.1. The van der Waals surface area contributed by atoms with Crippen LogP contribution >= 0.6 is 11.3 Å². The molecule has 0 saturated carbocycles. The van der Waals surface area contributed by atoms with E-state index in [4.69, 9.17) is 9.26 Å². The molecule has 2 aliphatic heterocycles. The third-order valence-corrected chi connectivity index (χ3v) is 7.00. The van der Waals surface area contributed by atoms with Crippen molar-refractivity contribution in [1.29, 1.82) is 0 Å². The van der Waals surface area contributed by atoms with Crippen molar-refractivity contribution in [2.24, 2.45) is 5.92 Å². The van der Waals surface area contributed by atoms with E-state index in [9.17, 15) is 4.79 Å². The summed E-state index contributed by atoms with van der Waals surface area (Å²) in [6, 6.07) is 11.9. The normalized spacial score (nSPS) is 22.7. The summed E-state index contributed by atoms with van der Waals surface area (Å²) in [5.74, 6) is 2.13. The molecule has 5 rings (SSSR count). The van der Waals surface area contributed by atoms with E-state index in [-0.39, 0.29) is 23.5 Å². The molecule has 1 N–H and O–H groups in total. The number of amides is 1. The zero-order chi connectivity index (χ0) is 22.1. The van der Waals surface area contributed by atoms with Crippen molar-refractivity contribution in [3.63, 3.8) is 0 Å². The first-order chi connectivity index (χ1) is 15.5. The number of thiophene rings is 1. The lowest BCUT2D eigenvalue weighted by molar-refractivity contribution is -0.128. The molecular weight excluding hydrogens is 424 g/mol. The van der Waals surface area contributed by atoms with Crippen LogP contribution in [0.15, 0.2) is 46.3 Å². The van der Waals surface area contributed by atoms with Gasteiger partial charge in [-0.3, -0.25) is 9.69 Å². The van der Waals surface area contributed by atoms with Gasteiger partial charge in [-0.15, -0.1) is 11.3 Å². The Morgan fingerprint density at radius 2 is 2.16 bits per heavy atom. The van der Waals surface area contributed by atoms with Gasteiger partial charge in [0.15, 0.2) is 0 Å². The quantitative estimate of drug-likeness (QED) is 0.617. The molecule has 1 saturated heterocycles. The van der Waals surface area contributed by atoms with Gasteiger partial charge in [-0.05, 0) is 50.7 Å². The highest BCUT2D eigenvalue weighted by atomic mass is 32.1. The maximum atomic E-state index is 13.2. The Kier molecular flexibility index (Phi) is 5.73. The average Bonchev–Trinajstić information content (AvgIpc) is 3.45. The number of nitrogens with one attached hydrogen (secondary N) is 1. The van der Waals surface area contributed by atoms with Crippen molar-refractivity contribution >= 4 is 17.2 Å². The fraction of sp³-hybridized carbons (Fsp3) is 0.458. The van der Waals surface area contributed by atoms with Gasteiger partial charge in [0.1, 0.15) is 11.4 Å². The Morgan fingerprint density at radius 3 is 3.00 bits per heavy atom. The third-order valence-electron chi connectivity index (χ3n) is 6.14. The summed E-state index contributed by atoms with van der Waals surface area (Å²) < 4.78 is 11.6. The summed E-state index contributed by atoms with van der Waals surface area (Å²) in [7, 11) is 0. The van der Waals surface area contributed by atoms with Gasteiger partial charge in [0.2, 0.25) is 17.6 Å². The number of likely N-dealkylation sites (tertiary alicyclic amines) is 1. The predicted octanol–water partition coefficient (Wildman–Crippen LogP) is 4.43. The number of carbonyl (C=O) groups is 1. The molecule has 0 spiro atoms. The number of ether oxygens (including phenoxy) is 1. The van der Waals surface area contributed by atoms with Crippen molar-refractivity contribution in [2.45, 2.75) is 51.3 Å². The van der Waals surface area contributed by atoms with Crippen LogP contribution in [0.4, 0.5) is 0 Å². The van der Waals surface area contributed by atoms with Crippen LogP contribution in [0.3, 0.4) is 0 Å². The molecule has 4 heterocycles. The van der Waals surface area contributed by atoms with Gasteiger partial charge in [-0.25, -0.2) is 0 Å². The molecule has 168 valence electrons. The number of nitrogens with zero attached hydrogens (tertiary/aromatic N) is 3. The second-order valence-electron chi connectivity index (χ2n) is 9.23. The first-order valence-corrected chi connectivity index (χ1v) is 12.0. The third kappa shape index (κ3) is 4.56. The van der Waals surface area contributed by atoms with Gasteiger partial charge < -0.3 is 14.6 Å². The fourth-order valence-corrected chi connectivity index (χ4v) is 5.30. The molecular formula is C24H28N4O3S. The topological polar surface area (TPSA) is 80.5 Å². The highest BCUT2D eigenvalue weighted by Gasteiger charge is 2.36. The minimum Gasteiger partial charge on any atom is -0.487 e. The minimum atomic E-state index is -0.316. The van der Waals surface area contributed by atoms with Crippen LogP contribution in [0.2, 0.25) is 0 Å². The number of para-hydroxylation sites is 1. The number of hydrogen-bond acceptors (Lipinski definition) is 7. The monoisotopic (exact) mass is 452 g/mol. The summed E-state index contributed by atoms with van der Waals surface area (Å²) in [4.78, 5) is 21.0. The van der Waals surface area contributed by atoms with E-state index in [1.807, 2.05) is 41.8 Å². The van der Waals surface area contributed by atoms with Gasteiger partial charge >= 0.3 is 0 Å². The molecule has 1 fully saturated rings. The summed E-state index contributed by atoms with van der Waals surface area (Å²) >= 11 is 1.59. The highest BCUT2D eigenvalue weighted by molar-refractivity contribution is 7.13. The summed E-state index contributed by atoms with van der Waals surface area (Å²) in [5, 5.41) is 9.41. The Hall–Kier alpha value is -2.71. The summed E-state index contributed by atoms with van der Waals surface area (Å²) in [6.07, 6.45) is 2.61. The molecule has 1 aromatic carbocycles. The average molecular weight is 453 g/mol. The number of benzene rings is 1. The SMILES string of the molecule is CC1(C)CC(NC(=O)C2CCCN(Cc3nc(-c4cccs4)no3)C2)c2ccccc2O1. The van der Waals surface area contributed by atoms with Crippen LogP contribution in [-0.4, -0.2) is 39.6 Å². The molecule has 8 heteroatoms. The summed E-state index contributed by atoms with van der Waals surface area (Å²) in [6.45, 7) is 6.32. The van der Waals surface area contributed by atoms with E-state index in [1.165, 1.54) is 0 Å². The minimum absolute atomic E-state index is 0.0397. The molecule has 3 aromatic rings. The van der Waals surface area contributed by atoms with Crippen molar-refractivity contribution < 1.29 is 14.1 Å². The van der Waals surface area contributed by atoms with Crippen LogP contribution in [0.25, 0.3) is 10.7 Å². The molecule has 7 nitrogen and oxygen atoms in total. The zero-order valence-electron chi connectivity index (χ0n) is 18.4. The molecule has 2 unspecified atom stereocenters. The second kappa shape index (κ2) is 8.67. The largest absolute Gasteiger partial charge is 0.487 e. The van der Waals surface area contributed by atoms with Crippen LogP contribution < -0.4 is 10.1 Å². The summed E-state index contributed by atoms with van der Waals surface area (Å²) in [5.41, 5.74) is 0.739. The molecule has 2 aliphatic rings. The van der Waals surface area contributed by atoms with E-state index < -0.39 is 0 Å². The van der Waals surface area contributed by atoms with Gasteiger partial charge in [-0.2, -0.15) is 4.98 Å². The maximum Gasteiger partial charge on any atom is 0.241 e. The number of rotatable bonds is 5. The zero-order valence-corrected chi connectivity index (χ0v) is 19.2. The molecule has 2 atom stereocenters. The van der Waals surface area contributed by atoms with Crippen molar-refractivity contribution in [3.8, 4) is 16.5 Å². The van der Waals surface area contributed by atoms with Gasteiger partial charge in [0, 0.05) is 18.5 Å². The molecule has 1 amide bonds. The smallest absolute Gasteiger partial charge is 0.241 e. The standard InChI is InChI=1S/C24H28N4O3S/c1-24(2)13-18(17-8-3-4-9-19(17)30-24)25-23(29)16-7-5-11-28(14-16)15-21-26-22(27-31-21)20-10-6-12-32-20/h3-4,6,8-10,12,16,18H,5,7,11,13-15H2,1-2H3,(H,25,29). The molecule has 32 heavy (non-hydrogen) atoms. The van der Waals surface area contributed by atoms with Gasteiger partial charge in [-0.1, -0.05) is 29.4 Å². The van der Waals surface area contributed by atoms with E-state index in [0.717, 1.165) is 42.0 Å². The maximum absolute atomic E-state index is 13.2. The van der Waals surface area contributed by atoms with Crippen molar-refractivity contribution in [2.75, 3.05) is 13.1 Å². The van der Waals surface area contributed by atoms with Crippen molar-refractivity contribution in [3.05, 3.63) is 53.2 Å². The van der Waals surface area contributed by atoms with E-state index in [1.54, 1.807) is 11.3 Å². The Bertz CT molecular complexity index is 1080. The van der Waals surface area contributed by atoms with Crippen LogP contribution in [0.5, 0.6) is 5.75 Å². The number of carbonyl (C=O) groups excluding carboxylic acids is 1. The number of hydrogen-bond donors (Lipinski definition) is 1. The predicted molar refractivity (Wildman–Crippen MR) is 122 cm³/mol. The molecule has 2 aromatic heterocycles. The lowest BCUT2D eigenvalue weighted by atomic mass is 9.88. The lowest BCUT2D eigenvalue weighted by Gasteiger charge is -2.39. The number of piperidine rings is 1. The number of fused-ring (bicyclic) bond motifs is 1. The van der Waals surface area contributed by atoms with Crippen LogP contribution in [0, 0.1) is 5.92 Å². The van der Waals surface area contributed by atoms with Crippen LogP contribution in [-0.2, 0) is 11.3 Å². The van der Waals surface area contributed by atoms with Gasteiger partial charge in [0.25, 0.3) is 0 Å².